The monoisotopic (exact) mass is 445 g/mol. The van der Waals surface area contributed by atoms with Crippen LogP contribution in [0, 0.1) is 5.82 Å². The van der Waals surface area contributed by atoms with Crippen molar-refractivity contribution in [3.05, 3.63) is 84.2 Å². The number of pyridine rings is 2. The number of nitrogens with one attached hydrogen (secondary N) is 1. The molecule has 33 heavy (non-hydrogen) atoms. The van der Waals surface area contributed by atoms with Gasteiger partial charge >= 0.3 is 0 Å². The number of hydrogen-bond donors (Lipinski definition) is 2. The van der Waals surface area contributed by atoms with Gasteiger partial charge < -0.3 is 15.0 Å². The van der Waals surface area contributed by atoms with E-state index < -0.39 is 0 Å². The van der Waals surface area contributed by atoms with Crippen LogP contribution in [0.3, 0.4) is 0 Å². The predicted molar refractivity (Wildman–Crippen MR) is 128 cm³/mol. The Morgan fingerprint density at radius 3 is 2.76 bits per heavy atom. The van der Waals surface area contributed by atoms with E-state index >= 15 is 0 Å². The first-order valence-electron chi connectivity index (χ1n) is 11.5. The number of nitrogens with zero attached hydrogens (tertiary/aromatic N) is 4. The molecular formula is C26H28FN5O. The van der Waals surface area contributed by atoms with Gasteiger partial charge in [-0.05, 0) is 61.7 Å². The molecule has 1 fully saturated rings. The molecule has 0 radical (unpaired) electrons. The van der Waals surface area contributed by atoms with Gasteiger partial charge in [-0.1, -0.05) is 18.2 Å². The zero-order valence-electron chi connectivity index (χ0n) is 18.5. The lowest BCUT2D eigenvalue weighted by Gasteiger charge is -2.24. The maximum absolute atomic E-state index is 13.1. The van der Waals surface area contributed by atoms with Gasteiger partial charge in [0, 0.05) is 36.8 Å². The van der Waals surface area contributed by atoms with Crippen LogP contribution in [-0.2, 0) is 13.1 Å². The Labute approximate surface area is 192 Å². The molecule has 0 saturated carbocycles. The summed E-state index contributed by atoms with van der Waals surface area (Å²) in [5.41, 5.74) is 4.43. The number of rotatable bonds is 8. The van der Waals surface area contributed by atoms with Crippen LogP contribution in [0.2, 0.25) is 0 Å². The van der Waals surface area contributed by atoms with E-state index in [9.17, 15) is 9.50 Å². The van der Waals surface area contributed by atoms with Crippen molar-refractivity contribution in [2.75, 3.05) is 18.5 Å². The summed E-state index contributed by atoms with van der Waals surface area (Å²) >= 11 is 0. The molecule has 7 heteroatoms. The quantitative estimate of drug-likeness (QED) is 0.398. The second-order valence-corrected chi connectivity index (χ2v) is 8.53. The highest BCUT2D eigenvalue weighted by atomic mass is 19.1. The van der Waals surface area contributed by atoms with Crippen molar-refractivity contribution in [3.8, 4) is 0 Å². The molecule has 1 aromatic carbocycles. The number of halogens is 1. The minimum absolute atomic E-state index is 0.198. The summed E-state index contributed by atoms with van der Waals surface area (Å²) in [5.74, 6) is 0.234. The molecule has 4 aromatic rings. The molecule has 1 atom stereocenters. The first kappa shape index (κ1) is 21.6. The van der Waals surface area contributed by atoms with Crippen LogP contribution in [0.1, 0.15) is 36.6 Å². The fourth-order valence-corrected chi connectivity index (χ4v) is 4.72. The summed E-state index contributed by atoms with van der Waals surface area (Å²) in [6, 6.07) is 15.8. The Balaban J connectivity index is 1.32. The molecular weight excluding hydrogens is 417 g/mol. The zero-order chi connectivity index (χ0) is 22.6. The summed E-state index contributed by atoms with van der Waals surface area (Å²) < 4.78 is 15.3. The van der Waals surface area contributed by atoms with Gasteiger partial charge in [-0.3, -0.25) is 9.88 Å². The van der Waals surface area contributed by atoms with Crippen molar-refractivity contribution in [1.29, 1.82) is 0 Å². The molecule has 0 aliphatic carbocycles. The lowest BCUT2D eigenvalue weighted by molar-refractivity contribution is 0.245. The van der Waals surface area contributed by atoms with E-state index in [0.717, 1.165) is 50.3 Å². The molecule has 1 aliphatic rings. The highest BCUT2D eigenvalue weighted by molar-refractivity contribution is 5.84. The standard InChI is InChI=1S/C26H28FN5O/c27-20-8-11-26(29-15-20)30-21-9-10-23(28-16-21)25-7-3-12-32(25)18-19-17-31(13-4-14-33)24-6-2-1-5-22(19)24/h1-2,5-6,8-11,15-17,25,33H,3-4,7,12-14,18H2,(H,29,30)/t25-/m1/s1. The molecule has 6 nitrogen and oxygen atoms in total. The van der Waals surface area contributed by atoms with E-state index in [-0.39, 0.29) is 18.5 Å². The first-order chi connectivity index (χ1) is 16.2. The summed E-state index contributed by atoms with van der Waals surface area (Å²) in [6.45, 7) is 2.93. The van der Waals surface area contributed by atoms with Gasteiger partial charge in [-0.15, -0.1) is 0 Å². The third-order valence-electron chi connectivity index (χ3n) is 6.29. The number of aryl methyl sites for hydroxylation is 1. The molecule has 0 spiro atoms. The molecule has 5 rings (SSSR count). The van der Waals surface area contributed by atoms with Crippen LogP contribution in [0.5, 0.6) is 0 Å². The van der Waals surface area contributed by atoms with Crippen LogP contribution < -0.4 is 5.32 Å². The fourth-order valence-electron chi connectivity index (χ4n) is 4.72. The lowest BCUT2D eigenvalue weighted by atomic mass is 10.1. The number of likely N-dealkylation sites (tertiary alicyclic amines) is 1. The highest BCUT2D eigenvalue weighted by Gasteiger charge is 2.28. The number of aliphatic hydroxyl groups is 1. The predicted octanol–water partition coefficient (Wildman–Crippen LogP) is 5.03. The van der Waals surface area contributed by atoms with E-state index in [1.807, 2.05) is 12.3 Å². The van der Waals surface area contributed by atoms with Crippen LogP contribution in [-0.4, -0.2) is 37.7 Å². The topological polar surface area (TPSA) is 66.2 Å². The largest absolute Gasteiger partial charge is 0.396 e. The van der Waals surface area contributed by atoms with E-state index in [4.69, 9.17) is 4.98 Å². The van der Waals surface area contributed by atoms with Gasteiger partial charge in [0.05, 0.1) is 29.8 Å². The third kappa shape index (κ3) is 4.74. The second-order valence-electron chi connectivity index (χ2n) is 8.53. The van der Waals surface area contributed by atoms with Gasteiger partial charge in [0.25, 0.3) is 0 Å². The Hall–Kier alpha value is -3.29. The molecule has 1 aliphatic heterocycles. The number of fused-ring (bicyclic) bond motifs is 1. The molecule has 0 bridgehead atoms. The molecule has 3 aromatic heterocycles. The van der Waals surface area contributed by atoms with Crippen molar-refractivity contribution >= 4 is 22.4 Å². The number of hydrogen-bond acceptors (Lipinski definition) is 5. The van der Waals surface area contributed by atoms with E-state index in [1.165, 1.54) is 28.7 Å². The van der Waals surface area contributed by atoms with Crippen molar-refractivity contribution in [1.82, 2.24) is 19.4 Å². The van der Waals surface area contributed by atoms with E-state index in [0.29, 0.717) is 5.82 Å². The van der Waals surface area contributed by atoms with Crippen LogP contribution in [0.4, 0.5) is 15.9 Å². The molecule has 4 heterocycles. The average molecular weight is 446 g/mol. The average Bonchev–Trinajstić information content (AvgIpc) is 3.45. The Morgan fingerprint density at radius 2 is 1.97 bits per heavy atom. The van der Waals surface area contributed by atoms with Crippen LogP contribution in [0.15, 0.2) is 67.1 Å². The zero-order valence-corrected chi connectivity index (χ0v) is 18.5. The maximum Gasteiger partial charge on any atom is 0.141 e. The summed E-state index contributed by atoms with van der Waals surface area (Å²) in [6.07, 6.45) is 8.24. The molecule has 2 N–H and O–H groups in total. The van der Waals surface area contributed by atoms with Gasteiger partial charge in [0.1, 0.15) is 11.6 Å². The Morgan fingerprint density at radius 1 is 1.06 bits per heavy atom. The molecule has 170 valence electrons. The van der Waals surface area contributed by atoms with E-state index in [1.54, 1.807) is 6.07 Å². The summed E-state index contributed by atoms with van der Waals surface area (Å²) in [4.78, 5) is 11.3. The lowest BCUT2D eigenvalue weighted by Crippen LogP contribution is -2.23. The van der Waals surface area contributed by atoms with Crippen molar-refractivity contribution < 1.29 is 9.50 Å². The van der Waals surface area contributed by atoms with Crippen molar-refractivity contribution in [2.24, 2.45) is 0 Å². The maximum atomic E-state index is 13.1. The Kier molecular flexibility index (Phi) is 6.32. The minimum atomic E-state index is -0.355. The number of aliphatic hydroxyl groups excluding tert-OH is 1. The first-order valence-corrected chi connectivity index (χ1v) is 11.5. The van der Waals surface area contributed by atoms with Gasteiger partial charge in [0.2, 0.25) is 0 Å². The normalized spacial score (nSPS) is 16.5. The number of anilines is 2. The molecule has 1 saturated heterocycles. The summed E-state index contributed by atoms with van der Waals surface area (Å²) in [7, 11) is 0. The minimum Gasteiger partial charge on any atom is -0.396 e. The number of benzene rings is 1. The molecule has 0 unspecified atom stereocenters. The summed E-state index contributed by atoms with van der Waals surface area (Å²) in [5, 5.41) is 13.7. The second kappa shape index (κ2) is 9.68. The Bertz CT molecular complexity index is 1210. The SMILES string of the molecule is OCCCn1cc(CN2CCC[C@@H]2c2ccc(Nc3ccc(F)cn3)cn2)c2ccccc21. The van der Waals surface area contributed by atoms with Crippen molar-refractivity contribution in [3.63, 3.8) is 0 Å². The van der Waals surface area contributed by atoms with Gasteiger partial charge in [-0.2, -0.15) is 0 Å². The molecule has 0 amide bonds. The van der Waals surface area contributed by atoms with Gasteiger partial charge in [-0.25, -0.2) is 9.37 Å². The smallest absolute Gasteiger partial charge is 0.141 e. The highest BCUT2D eigenvalue weighted by Crippen LogP contribution is 2.34. The third-order valence-corrected chi connectivity index (χ3v) is 6.29. The van der Waals surface area contributed by atoms with E-state index in [2.05, 4.69) is 56.3 Å². The van der Waals surface area contributed by atoms with Crippen LogP contribution in [0.25, 0.3) is 10.9 Å². The van der Waals surface area contributed by atoms with Gasteiger partial charge in [0.15, 0.2) is 0 Å². The number of aromatic nitrogens is 3. The van der Waals surface area contributed by atoms with Crippen LogP contribution >= 0.6 is 0 Å². The van der Waals surface area contributed by atoms with Crippen molar-refractivity contribution in [2.45, 2.75) is 38.4 Å². The number of para-hydroxylation sites is 1. The fraction of sp³-hybridized carbons (Fsp3) is 0.308.